The van der Waals surface area contributed by atoms with Crippen molar-refractivity contribution in [3.05, 3.63) is 11.5 Å². The average molecular weight is 171 g/mol. The quantitative estimate of drug-likeness (QED) is 0.642. The maximum atomic E-state index is 5.28. The zero-order valence-corrected chi connectivity index (χ0v) is 8.82. The molecular formula is C8H17NOSi. The van der Waals surface area contributed by atoms with Crippen molar-refractivity contribution in [3.8, 4) is 0 Å². The van der Waals surface area contributed by atoms with Crippen LogP contribution in [0.4, 0.5) is 0 Å². The molecule has 1 rings (SSSR count). The molecule has 1 heterocycles. The monoisotopic (exact) mass is 171 g/mol. The first-order chi connectivity index (χ1) is 4.99. The van der Waals surface area contributed by atoms with Gasteiger partial charge in [0.2, 0.25) is 0 Å². The van der Waals surface area contributed by atoms with Gasteiger partial charge in [-0.25, -0.2) is 0 Å². The highest BCUT2D eigenvalue weighted by atomic mass is 28.3. The second kappa shape index (κ2) is 2.89. The lowest BCUT2D eigenvalue weighted by Crippen LogP contribution is -2.41. The molecule has 1 saturated heterocycles. The van der Waals surface area contributed by atoms with Crippen LogP contribution >= 0.6 is 0 Å². The molecule has 0 aliphatic carbocycles. The first kappa shape index (κ1) is 8.65. The Labute approximate surface area is 69.7 Å². The lowest BCUT2D eigenvalue weighted by molar-refractivity contribution is 0.113. The predicted octanol–water partition coefficient (Wildman–Crippen LogP) is 2.06. The van der Waals surface area contributed by atoms with E-state index >= 15 is 0 Å². The minimum atomic E-state index is -1.15. The third-order valence-electron chi connectivity index (χ3n) is 1.59. The summed E-state index contributed by atoms with van der Waals surface area (Å²) >= 11 is 0. The fourth-order valence-electron chi connectivity index (χ4n) is 1.13. The number of ether oxygens (including phenoxy) is 1. The van der Waals surface area contributed by atoms with Gasteiger partial charge in [-0.2, -0.15) is 0 Å². The van der Waals surface area contributed by atoms with E-state index in [4.69, 9.17) is 4.74 Å². The zero-order chi connectivity index (χ0) is 8.48. The van der Waals surface area contributed by atoms with Crippen molar-refractivity contribution in [2.24, 2.45) is 0 Å². The number of hydrogen-bond donors (Lipinski definition) is 1. The Morgan fingerprint density at radius 1 is 1.45 bits per heavy atom. The summed E-state index contributed by atoms with van der Waals surface area (Å²) in [4.78, 5) is 3.51. The summed E-state index contributed by atoms with van der Waals surface area (Å²) in [5, 5.41) is 0. The summed E-state index contributed by atoms with van der Waals surface area (Å²) in [5.41, 5.74) is 1.25. The van der Waals surface area contributed by atoms with E-state index in [0.717, 1.165) is 18.8 Å². The summed E-state index contributed by atoms with van der Waals surface area (Å²) < 4.78 is 5.28. The fourth-order valence-corrected chi connectivity index (χ4v) is 2.40. The largest absolute Gasteiger partial charge is 0.496 e. The minimum Gasteiger partial charge on any atom is -0.496 e. The molecule has 0 aromatic rings. The molecule has 1 aliphatic rings. The Kier molecular flexibility index (Phi) is 2.27. The van der Waals surface area contributed by atoms with Gasteiger partial charge < -0.3 is 9.72 Å². The normalized spacial score (nSPS) is 21.8. The Morgan fingerprint density at radius 3 is 2.27 bits per heavy atom. The van der Waals surface area contributed by atoms with E-state index < -0.39 is 8.24 Å². The Morgan fingerprint density at radius 2 is 2.00 bits per heavy atom. The van der Waals surface area contributed by atoms with Gasteiger partial charge in [0, 0.05) is 12.1 Å². The van der Waals surface area contributed by atoms with E-state index in [-0.39, 0.29) is 0 Å². The summed E-state index contributed by atoms with van der Waals surface area (Å²) in [5.74, 6) is 1.16. The van der Waals surface area contributed by atoms with Crippen LogP contribution in [-0.2, 0) is 4.74 Å². The fraction of sp³-hybridized carbons (Fsp3) is 0.750. The highest BCUT2D eigenvalue weighted by Crippen LogP contribution is 2.19. The molecule has 0 amide bonds. The molecule has 0 aromatic carbocycles. The maximum absolute atomic E-state index is 5.28. The van der Waals surface area contributed by atoms with Crippen LogP contribution < -0.4 is 4.98 Å². The molecule has 0 spiro atoms. The molecular weight excluding hydrogens is 154 g/mol. The molecule has 1 N–H and O–H groups in total. The van der Waals surface area contributed by atoms with Crippen LogP contribution in [0.5, 0.6) is 0 Å². The van der Waals surface area contributed by atoms with Gasteiger partial charge in [0.15, 0.2) is 0 Å². The number of hydrogen-bond acceptors (Lipinski definition) is 2. The van der Waals surface area contributed by atoms with Crippen molar-refractivity contribution in [2.75, 3.05) is 6.61 Å². The molecule has 0 aromatic heterocycles. The van der Waals surface area contributed by atoms with Crippen molar-refractivity contribution in [1.29, 1.82) is 0 Å². The molecule has 0 saturated carbocycles. The van der Waals surface area contributed by atoms with Gasteiger partial charge >= 0.3 is 0 Å². The van der Waals surface area contributed by atoms with E-state index in [9.17, 15) is 0 Å². The summed E-state index contributed by atoms with van der Waals surface area (Å²) in [6.07, 6.45) is 1.11. The molecule has 1 aliphatic heterocycles. The van der Waals surface area contributed by atoms with Gasteiger partial charge in [-0.05, 0) is 6.92 Å². The van der Waals surface area contributed by atoms with Gasteiger partial charge in [-0.1, -0.05) is 19.6 Å². The SMILES string of the molecule is CC(N[Si](C)(C)C)=C1CCO1. The Hall–Kier alpha value is -0.443. The highest BCUT2D eigenvalue weighted by molar-refractivity contribution is 6.74. The molecule has 1 fully saturated rings. The lowest BCUT2D eigenvalue weighted by atomic mass is 10.2. The predicted molar refractivity (Wildman–Crippen MR) is 49.8 cm³/mol. The second-order valence-electron chi connectivity index (χ2n) is 4.02. The van der Waals surface area contributed by atoms with E-state index in [1.807, 2.05) is 0 Å². The average Bonchev–Trinajstić information content (AvgIpc) is 1.50. The Bertz CT molecular complexity index is 175. The van der Waals surface area contributed by atoms with Gasteiger partial charge in [0.05, 0.1) is 6.61 Å². The standard InChI is InChI=1S/C8H17NOSi/c1-7(8-5-6-10-8)9-11(2,3)4/h9H,5-6H2,1-4H3. The van der Waals surface area contributed by atoms with Crippen LogP contribution in [-0.4, -0.2) is 14.8 Å². The van der Waals surface area contributed by atoms with Crippen LogP contribution in [0.15, 0.2) is 11.5 Å². The molecule has 3 heteroatoms. The van der Waals surface area contributed by atoms with Crippen LogP contribution in [0.2, 0.25) is 19.6 Å². The Balaban J connectivity index is 2.48. The molecule has 11 heavy (non-hydrogen) atoms. The van der Waals surface area contributed by atoms with Crippen molar-refractivity contribution in [3.63, 3.8) is 0 Å². The number of rotatable bonds is 2. The van der Waals surface area contributed by atoms with Gasteiger partial charge in [0.1, 0.15) is 14.0 Å². The van der Waals surface area contributed by atoms with E-state index in [2.05, 4.69) is 31.5 Å². The molecule has 0 radical (unpaired) electrons. The first-order valence-corrected chi connectivity index (χ1v) is 7.60. The van der Waals surface area contributed by atoms with E-state index in [0.29, 0.717) is 0 Å². The highest BCUT2D eigenvalue weighted by Gasteiger charge is 2.18. The zero-order valence-electron chi connectivity index (χ0n) is 7.82. The topological polar surface area (TPSA) is 21.3 Å². The lowest BCUT2D eigenvalue weighted by Gasteiger charge is -2.27. The first-order valence-electron chi connectivity index (χ1n) is 4.10. The van der Waals surface area contributed by atoms with Crippen LogP contribution in [0.25, 0.3) is 0 Å². The molecule has 0 unspecified atom stereocenters. The van der Waals surface area contributed by atoms with Gasteiger partial charge in [0.25, 0.3) is 0 Å². The van der Waals surface area contributed by atoms with Gasteiger partial charge in [-0.15, -0.1) is 0 Å². The summed E-state index contributed by atoms with van der Waals surface area (Å²) in [6, 6.07) is 0. The van der Waals surface area contributed by atoms with Crippen LogP contribution in [0, 0.1) is 0 Å². The summed E-state index contributed by atoms with van der Waals surface area (Å²) in [6.45, 7) is 9.87. The number of allylic oxidation sites excluding steroid dienone is 1. The third kappa shape index (κ3) is 2.58. The van der Waals surface area contributed by atoms with Crippen molar-refractivity contribution < 1.29 is 4.74 Å². The van der Waals surface area contributed by atoms with Crippen molar-refractivity contribution >= 4 is 8.24 Å². The van der Waals surface area contributed by atoms with Crippen molar-refractivity contribution in [2.45, 2.75) is 33.0 Å². The van der Waals surface area contributed by atoms with Crippen LogP contribution in [0.3, 0.4) is 0 Å². The van der Waals surface area contributed by atoms with E-state index in [1.165, 1.54) is 5.70 Å². The smallest absolute Gasteiger partial charge is 0.144 e. The second-order valence-corrected chi connectivity index (χ2v) is 8.77. The summed E-state index contributed by atoms with van der Waals surface area (Å²) in [7, 11) is -1.15. The molecule has 2 nitrogen and oxygen atoms in total. The van der Waals surface area contributed by atoms with E-state index in [1.54, 1.807) is 0 Å². The number of nitrogens with one attached hydrogen (secondary N) is 1. The van der Waals surface area contributed by atoms with Crippen molar-refractivity contribution in [1.82, 2.24) is 4.98 Å². The maximum Gasteiger partial charge on any atom is 0.144 e. The van der Waals surface area contributed by atoms with Gasteiger partial charge in [-0.3, -0.25) is 0 Å². The van der Waals surface area contributed by atoms with Crippen LogP contribution in [0.1, 0.15) is 13.3 Å². The third-order valence-corrected chi connectivity index (χ3v) is 2.71. The molecule has 0 atom stereocenters. The molecule has 0 bridgehead atoms. The molecule has 64 valence electrons. The minimum absolute atomic E-state index is 0.903.